The number of rotatable bonds is 2. The fourth-order valence-electron chi connectivity index (χ4n) is 1.60. The Morgan fingerprint density at radius 1 is 1.46 bits per heavy atom. The van der Waals surface area contributed by atoms with Crippen LogP contribution in [0.4, 0.5) is 0 Å². The Bertz CT molecular complexity index is 265. The summed E-state index contributed by atoms with van der Waals surface area (Å²) in [5.74, 6) is 0. The zero-order chi connectivity index (χ0) is 9.10. The second-order valence-corrected chi connectivity index (χ2v) is 4.56. The predicted molar refractivity (Wildman–Crippen MR) is 53.5 cm³/mol. The van der Waals surface area contributed by atoms with Crippen molar-refractivity contribution in [2.75, 3.05) is 0 Å². The molecule has 0 spiro atoms. The van der Waals surface area contributed by atoms with E-state index in [0.717, 1.165) is 11.4 Å². The molecular formula is C9H13N3S. The van der Waals surface area contributed by atoms with Crippen LogP contribution < -0.4 is 5.73 Å². The molecule has 2 N–H and O–H groups in total. The number of hydrogen-bond donors (Lipinski definition) is 1. The summed E-state index contributed by atoms with van der Waals surface area (Å²) in [6.45, 7) is 0. The van der Waals surface area contributed by atoms with Gasteiger partial charge >= 0.3 is 0 Å². The van der Waals surface area contributed by atoms with E-state index in [0.29, 0.717) is 11.3 Å². The molecule has 2 rings (SSSR count). The first-order valence-electron chi connectivity index (χ1n) is 4.54. The molecule has 2 atom stereocenters. The van der Waals surface area contributed by atoms with E-state index in [4.69, 9.17) is 5.73 Å². The molecule has 0 aromatic carbocycles. The van der Waals surface area contributed by atoms with Crippen LogP contribution in [-0.4, -0.2) is 21.3 Å². The fourth-order valence-corrected chi connectivity index (χ4v) is 2.76. The van der Waals surface area contributed by atoms with Crippen molar-refractivity contribution >= 4 is 11.8 Å². The van der Waals surface area contributed by atoms with Crippen molar-refractivity contribution in [3.8, 4) is 0 Å². The number of thioether (sulfide) groups is 1. The smallest absolute Gasteiger partial charge is 0.116 e. The van der Waals surface area contributed by atoms with Crippen LogP contribution in [0.25, 0.3) is 0 Å². The second kappa shape index (κ2) is 4.07. The molecule has 0 saturated heterocycles. The Kier molecular flexibility index (Phi) is 2.80. The molecule has 1 aliphatic rings. The number of nitrogens with zero attached hydrogens (tertiary/aromatic N) is 2. The van der Waals surface area contributed by atoms with Crippen molar-refractivity contribution in [3.63, 3.8) is 0 Å². The molecule has 1 aromatic heterocycles. The van der Waals surface area contributed by atoms with E-state index >= 15 is 0 Å². The van der Waals surface area contributed by atoms with Crippen LogP contribution in [0.3, 0.4) is 0 Å². The summed E-state index contributed by atoms with van der Waals surface area (Å²) >= 11 is 1.78. The van der Waals surface area contributed by atoms with Gasteiger partial charge in [0.15, 0.2) is 0 Å². The van der Waals surface area contributed by atoms with Gasteiger partial charge in [-0.25, -0.2) is 9.97 Å². The standard InChI is InChI=1S/C9H13N3S/c10-7-2-1-3-8(7)13-9-4-5-11-6-12-9/h4-8H,1-3,10H2. The first-order chi connectivity index (χ1) is 6.36. The van der Waals surface area contributed by atoms with Crippen LogP contribution in [0.5, 0.6) is 0 Å². The molecule has 4 heteroatoms. The quantitative estimate of drug-likeness (QED) is 0.726. The normalized spacial score (nSPS) is 27.8. The molecule has 1 heterocycles. The van der Waals surface area contributed by atoms with Crippen LogP contribution in [0.2, 0.25) is 0 Å². The molecule has 0 amide bonds. The van der Waals surface area contributed by atoms with Gasteiger partial charge in [0.25, 0.3) is 0 Å². The van der Waals surface area contributed by atoms with Crippen LogP contribution in [-0.2, 0) is 0 Å². The molecule has 1 aromatic rings. The summed E-state index contributed by atoms with van der Waals surface area (Å²) in [6.07, 6.45) is 6.99. The summed E-state index contributed by atoms with van der Waals surface area (Å²) in [6, 6.07) is 2.29. The molecule has 70 valence electrons. The van der Waals surface area contributed by atoms with Crippen molar-refractivity contribution in [2.24, 2.45) is 5.73 Å². The topological polar surface area (TPSA) is 51.8 Å². The van der Waals surface area contributed by atoms with Crippen molar-refractivity contribution in [1.82, 2.24) is 9.97 Å². The van der Waals surface area contributed by atoms with E-state index in [1.165, 1.54) is 12.8 Å². The summed E-state index contributed by atoms with van der Waals surface area (Å²) in [5.41, 5.74) is 5.96. The van der Waals surface area contributed by atoms with Crippen molar-refractivity contribution < 1.29 is 0 Å². The Morgan fingerprint density at radius 3 is 3.00 bits per heavy atom. The third-order valence-electron chi connectivity index (χ3n) is 2.33. The van der Waals surface area contributed by atoms with E-state index < -0.39 is 0 Å². The van der Waals surface area contributed by atoms with Gasteiger partial charge in [-0.05, 0) is 18.9 Å². The minimum absolute atomic E-state index is 0.347. The minimum atomic E-state index is 0.347. The first-order valence-corrected chi connectivity index (χ1v) is 5.42. The SMILES string of the molecule is NC1CCCC1Sc1ccncn1. The highest BCUT2D eigenvalue weighted by Gasteiger charge is 2.24. The van der Waals surface area contributed by atoms with Gasteiger partial charge in [-0.1, -0.05) is 6.42 Å². The Morgan fingerprint density at radius 2 is 2.38 bits per heavy atom. The zero-order valence-corrected chi connectivity index (χ0v) is 8.20. The monoisotopic (exact) mass is 195 g/mol. The van der Waals surface area contributed by atoms with E-state index in [-0.39, 0.29) is 0 Å². The lowest BCUT2D eigenvalue weighted by Crippen LogP contribution is -2.26. The highest BCUT2D eigenvalue weighted by Crippen LogP contribution is 2.32. The van der Waals surface area contributed by atoms with Gasteiger partial charge in [0.1, 0.15) is 6.33 Å². The maximum Gasteiger partial charge on any atom is 0.116 e. The van der Waals surface area contributed by atoms with E-state index in [2.05, 4.69) is 9.97 Å². The fraction of sp³-hybridized carbons (Fsp3) is 0.556. The Labute approximate surface area is 82.2 Å². The van der Waals surface area contributed by atoms with Crippen LogP contribution in [0.1, 0.15) is 19.3 Å². The molecule has 2 unspecified atom stereocenters. The van der Waals surface area contributed by atoms with Crippen LogP contribution >= 0.6 is 11.8 Å². The summed E-state index contributed by atoms with van der Waals surface area (Å²) < 4.78 is 0. The summed E-state index contributed by atoms with van der Waals surface area (Å²) in [4.78, 5) is 8.06. The van der Waals surface area contributed by atoms with Gasteiger partial charge in [0, 0.05) is 17.5 Å². The van der Waals surface area contributed by atoms with Crippen molar-refractivity contribution in [2.45, 2.75) is 35.6 Å². The predicted octanol–water partition coefficient (Wildman–Crippen LogP) is 1.45. The Balaban J connectivity index is 1.98. The lowest BCUT2D eigenvalue weighted by Gasteiger charge is -2.13. The van der Waals surface area contributed by atoms with E-state index in [1.54, 1.807) is 24.3 Å². The molecule has 0 bridgehead atoms. The maximum atomic E-state index is 5.96. The molecular weight excluding hydrogens is 182 g/mol. The average molecular weight is 195 g/mol. The average Bonchev–Trinajstić information content (AvgIpc) is 2.54. The minimum Gasteiger partial charge on any atom is -0.327 e. The van der Waals surface area contributed by atoms with Gasteiger partial charge < -0.3 is 5.73 Å². The zero-order valence-electron chi connectivity index (χ0n) is 7.39. The van der Waals surface area contributed by atoms with Crippen molar-refractivity contribution in [3.05, 3.63) is 18.6 Å². The molecule has 0 radical (unpaired) electrons. The van der Waals surface area contributed by atoms with E-state index in [1.807, 2.05) is 6.07 Å². The summed E-state index contributed by atoms with van der Waals surface area (Å²) in [7, 11) is 0. The third-order valence-corrected chi connectivity index (χ3v) is 3.70. The summed E-state index contributed by atoms with van der Waals surface area (Å²) in [5, 5.41) is 1.59. The van der Waals surface area contributed by atoms with Gasteiger partial charge in [-0.2, -0.15) is 0 Å². The number of nitrogens with two attached hydrogens (primary N) is 1. The lowest BCUT2D eigenvalue weighted by molar-refractivity contribution is 0.715. The number of hydrogen-bond acceptors (Lipinski definition) is 4. The molecule has 13 heavy (non-hydrogen) atoms. The van der Waals surface area contributed by atoms with Crippen LogP contribution in [0.15, 0.2) is 23.6 Å². The third kappa shape index (κ3) is 2.19. The molecule has 1 fully saturated rings. The maximum absolute atomic E-state index is 5.96. The van der Waals surface area contributed by atoms with E-state index in [9.17, 15) is 0 Å². The molecule has 1 aliphatic carbocycles. The molecule has 3 nitrogen and oxygen atoms in total. The van der Waals surface area contributed by atoms with Gasteiger partial charge in [0.05, 0.1) is 5.03 Å². The van der Waals surface area contributed by atoms with Crippen LogP contribution in [0, 0.1) is 0 Å². The molecule has 1 saturated carbocycles. The first kappa shape index (κ1) is 8.97. The lowest BCUT2D eigenvalue weighted by atomic mass is 10.3. The van der Waals surface area contributed by atoms with Gasteiger partial charge in [-0.15, -0.1) is 11.8 Å². The second-order valence-electron chi connectivity index (χ2n) is 3.30. The van der Waals surface area contributed by atoms with Gasteiger partial charge in [-0.3, -0.25) is 0 Å². The van der Waals surface area contributed by atoms with Crippen molar-refractivity contribution in [1.29, 1.82) is 0 Å². The largest absolute Gasteiger partial charge is 0.327 e. The highest BCUT2D eigenvalue weighted by atomic mass is 32.2. The highest BCUT2D eigenvalue weighted by molar-refractivity contribution is 7.99. The Hall–Kier alpha value is -0.610. The molecule has 0 aliphatic heterocycles. The number of aromatic nitrogens is 2. The van der Waals surface area contributed by atoms with Gasteiger partial charge in [0.2, 0.25) is 0 Å².